The summed E-state index contributed by atoms with van der Waals surface area (Å²) < 4.78 is 0. The number of halogens is 2. The van der Waals surface area contributed by atoms with Crippen LogP contribution in [0.15, 0.2) is 18.2 Å². The van der Waals surface area contributed by atoms with E-state index in [2.05, 4.69) is 5.32 Å². The van der Waals surface area contributed by atoms with Crippen LogP contribution in [0.5, 0.6) is 0 Å². The predicted molar refractivity (Wildman–Crippen MR) is 85.6 cm³/mol. The maximum absolute atomic E-state index is 12.0. The molecular formula is C16H20Cl2N2O. The molecule has 21 heavy (non-hydrogen) atoms. The molecule has 1 aliphatic carbocycles. The Labute approximate surface area is 135 Å². The van der Waals surface area contributed by atoms with Gasteiger partial charge >= 0.3 is 0 Å². The first-order chi connectivity index (χ1) is 10.1. The number of benzene rings is 1. The van der Waals surface area contributed by atoms with Crippen LogP contribution in [0.25, 0.3) is 0 Å². The van der Waals surface area contributed by atoms with Gasteiger partial charge in [0.1, 0.15) is 0 Å². The molecule has 3 rings (SSSR count). The van der Waals surface area contributed by atoms with Crippen LogP contribution >= 0.6 is 23.2 Å². The van der Waals surface area contributed by atoms with E-state index < -0.39 is 0 Å². The third-order valence-corrected chi connectivity index (χ3v) is 5.05. The van der Waals surface area contributed by atoms with Gasteiger partial charge in [-0.25, -0.2) is 0 Å². The molecule has 1 aliphatic heterocycles. The molecule has 0 unspecified atom stereocenters. The van der Waals surface area contributed by atoms with Crippen LogP contribution in [0.1, 0.15) is 31.2 Å². The normalized spacial score (nSPS) is 19.8. The fraction of sp³-hybridized carbons (Fsp3) is 0.562. The number of hydrogen-bond acceptors (Lipinski definition) is 2. The Bertz CT molecular complexity index is 523. The second-order valence-electron chi connectivity index (χ2n) is 6.00. The number of carbonyl (C=O) groups excluding carboxylic acids is 1. The van der Waals surface area contributed by atoms with Crippen LogP contribution in [0.4, 0.5) is 0 Å². The second-order valence-corrected chi connectivity index (χ2v) is 6.82. The first kappa shape index (κ1) is 15.1. The number of nitrogens with one attached hydrogen (secondary N) is 1. The van der Waals surface area contributed by atoms with Crippen molar-refractivity contribution in [1.82, 2.24) is 10.2 Å². The number of rotatable bonds is 4. The van der Waals surface area contributed by atoms with Gasteiger partial charge in [-0.05, 0) is 43.4 Å². The lowest BCUT2D eigenvalue weighted by Gasteiger charge is -2.32. The van der Waals surface area contributed by atoms with E-state index in [-0.39, 0.29) is 0 Å². The van der Waals surface area contributed by atoms with E-state index in [1.165, 1.54) is 0 Å². The Morgan fingerprint density at radius 2 is 1.86 bits per heavy atom. The largest absolute Gasteiger partial charge is 0.342 e. The molecule has 1 saturated heterocycles. The maximum atomic E-state index is 12.0. The maximum Gasteiger partial charge on any atom is 0.225 e. The van der Waals surface area contributed by atoms with Crippen LogP contribution in [-0.2, 0) is 11.3 Å². The number of piperidine rings is 1. The van der Waals surface area contributed by atoms with E-state index >= 15 is 0 Å². The lowest BCUT2D eigenvalue weighted by molar-refractivity contribution is -0.133. The Hall–Kier alpha value is -0.770. The molecule has 1 aromatic carbocycles. The summed E-state index contributed by atoms with van der Waals surface area (Å²) in [5, 5.41) is 4.74. The van der Waals surface area contributed by atoms with E-state index in [9.17, 15) is 4.79 Å². The Morgan fingerprint density at radius 1 is 1.14 bits per heavy atom. The first-order valence-electron chi connectivity index (χ1n) is 7.59. The van der Waals surface area contributed by atoms with Crippen molar-refractivity contribution in [3.63, 3.8) is 0 Å². The number of hydrogen-bond donors (Lipinski definition) is 1. The van der Waals surface area contributed by atoms with E-state index in [0.717, 1.165) is 50.9 Å². The average Bonchev–Trinajstić information content (AvgIpc) is 3.33. The van der Waals surface area contributed by atoms with Gasteiger partial charge in [-0.2, -0.15) is 0 Å². The molecule has 0 aromatic heterocycles. The van der Waals surface area contributed by atoms with Crippen LogP contribution in [0.2, 0.25) is 10.0 Å². The zero-order valence-electron chi connectivity index (χ0n) is 11.9. The van der Waals surface area contributed by atoms with Crippen molar-refractivity contribution >= 4 is 29.1 Å². The fourth-order valence-corrected chi connectivity index (χ4v) is 3.12. The van der Waals surface area contributed by atoms with Crippen molar-refractivity contribution in [3.05, 3.63) is 33.8 Å². The van der Waals surface area contributed by atoms with Crippen LogP contribution < -0.4 is 5.32 Å². The summed E-state index contributed by atoms with van der Waals surface area (Å²) in [4.78, 5) is 14.0. The zero-order valence-corrected chi connectivity index (χ0v) is 13.5. The monoisotopic (exact) mass is 326 g/mol. The van der Waals surface area contributed by atoms with Crippen LogP contribution in [-0.4, -0.2) is 29.9 Å². The topological polar surface area (TPSA) is 32.3 Å². The van der Waals surface area contributed by atoms with Gasteiger partial charge < -0.3 is 10.2 Å². The Kier molecular flexibility index (Phi) is 4.72. The quantitative estimate of drug-likeness (QED) is 0.918. The molecule has 1 N–H and O–H groups in total. The highest BCUT2D eigenvalue weighted by molar-refractivity contribution is 6.42. The molecular weight excluding hydrogens is 307 g/mol. The summed E-state index contributed by atoms with van der Waals surface area (Å²) in [6, 6.07) is 6.20. The summed E-state index contributed by atoms with van der Waals surface area (Å²) in [5.41, 5.74) is 1.14. The molecule has 1 aromatic rings. The summed E-state index contributed by atoms with van der Waals surface area (Å²) in [6.45, 7) is 2.56. The van der Waals surface area contributed by atoms with E-state index in [1.54, 1.807) is 0 Å². The molecule has 2 aliphatic rings. The third kappa shape index (κ3) is 3.91. The second kappa shape index (κ2) is 6.55. The first-order valence-corrected chi connectivity index (χ1v) is 8.35. The van der Waals surface area contributed by atoms with E-state index in [4.69, 9.17) is 23.2 Å². The van der Waals surface area contributed by atoms with Gasteiger partial charge in [0, 0.05) is 31.6 Å². The molecule has 0 radical (unpaired) electrons. The molecule has 2 fully saturated rings. The van der Waals surface area contributed by atoms with Crippen LogP contribution in [0.3, 0.4) is 0 Å². The van der Waals surface area contributed by atoms with Crippen molar-refractivity contribution in [3.8, 4) is 0 Å². The number of amides is 1. The molecule has 1 saturated carbocycles. The SMILES string of the molecule is O=C(C1CC1)N1CCC(NCc2ccc(Cl)c(Cl)c2)CC1. The molecule has 5 heteroatoms. The lowest BCUT2D eigenvalue weighted by Crippen LogP contribution is -2.45. The minimum absolute atomic E-state index is 0.339. The van der Waals surface area contributed by atoms with Gasteiger partial charge in [-0.3, -0.25) is 4.79 Å². The minimum Gasteiger partial charge on any atom is -0.342 e. The van der Waals surface area contributed by atoms with Gasteiger partial charge in [0.05, 0.1) is 10.0 Å². The molecule has 3 nitrogen and oxygen atoms in total. The zero-order chi connectivity index (χ0) is 14.8. The van der Waals surface area contributed by atoms with Gasteiger partial charge in [0.15, 0.2) is 0 Å². The van der Waals surface area contributed by atoms with Crippen molar-refractivity contribution in [2.45, 2.75) is 38.3 Å². The lowest BCUT2D eigenvalue weighted by atomic mass is 10.0. The summed E-state index contributed by atoms with van der Waals surface area (Å²) in [6.07, 6.45) is 4.24. The van der Waals surface area contributed by atoms with Crippen molar-refractivity contribution in [1.29, 1.82) is 0 Å². The van der Waals surface area contributed by atoms with Crippen molar-refractivity contribution in [2.75, 3.05) is 13.1 Å². The smallest absolute Gasteiger partial charge is 0.225 e. The van der Waals surface area contributed by atoms with Gasteiger partial charge in [-0.15, -0.1) is 0 Å². The van der Waals surface area contributed by atoms with Crippen molar-refractivity contribution in [2.24, 2.45) is 5.92 Å². The molecule has 1 heterocycles. The van der Waals surface area contributed by atoms with E-state index in [1.807, 2.05) is 23.1 Å². The Morgan fingerprint density at radius 3 is 2.48 bits per heavy atom. The van der Waals surface area contributed by atoms with Crippen LogP contribution in [0, 0.1) is 5.92 Å². The van der Waals surface area contributed by atoms with Gasteiger partial charge in [0.25, 0.3) is 0 Å². The molecule has 114 valence electrons. The highest BCUT2D eigenvalue weighted by Gasteiger charge is 2.34. The molecule has 1 amide bonds. The molecule has 0 bridgehead atoms. The fourth-order valence-electron chi connectivity index (χ4n) is 2.80. The van der Waals surface area contributed by atoms with Gasteiger partial charge in [0.2, 0.25) is 5.91 Å². The predicted octanol–water partition coefficient (Wildman–Crippen LogP) is 3.48. The van der Waals surface area contributed by atoms with Crippen molar-refractivity contribution < 1.29 is 4.79 Å². The summed E-state index contributed by atoms with van der Waals surface area (Å²) in [7, 11) is 0. The third-order valence-electron chi connectivity index (χ3n) is 4.31. The summed E-state index contributed by atoms with van der Waals surface area (Å²) >= 11 is 11.9. The number of likely N-dealkylation sites (tertiary alicyclic amines) is 1. The average molecular weight is 327 g/mol. The number of carbonyl (C=O) groups is 1. The number of nitrogens with zero attached hydrogens (tertiary/aromatic N) is 1. The Balaban J connectivity index is 1.44. The highest BCUT2D eigenvalue weighted by Crippen LogP contribution is 2.32. The molecule has 0 spiro atoms. The molecule has 0 atom stereocenters. The highest BCUT2D eigenvalue weighted by atomic mass is 35.5. The minimum atomic E-state index is 0.339. The van der Waals surface area contributed by atoms with E-state index in [0.29, 0.717) is 27.9 Å². The summed E-state index contributed by atoms with van der Waals surface area (Å²) in [5.74, 6) is 0.712. The van der Waals surface area contributed by atoms with Gasteiger partial charge in [-0.1, -0.05) is 29.3 Å². The standard InChI is InChI=1S/C16H20Cl2N2O/c17-14-4-1-11(9-15(14)18)10-19-13-5-7-20(8-6-13)16(21)12-2-3-12/h1,4,9,12-13,19H,2-3,5-8,10H2.